The number of hydrogen-bond acceptors (Lipinski definition) is 2. The van der Waals surface area contributed by atoms with Crippen LogP contribution >= 0.6 is 0 Å². The highest BCUT2D eigenvalue weighted by Gasteiger charge is 2.12. The van der Waals surface area contributed by atoms with E-state index in [-0.39, 0.29) is 5.78 Å². The van der Waals surface area contributed by atoms with E-state index in [2.05, 4.69) is 6.58 Å². The monoisotopic (exact) mass is 142 g/mol. The van der Waals surface area contributed by atoms with Crippen molar-refractivity contribution in [3.63, 3.8) is 0 Å². The number of rotatable bonds is 4. The fourth-order valence-electron chi connectivity index (χ4n) is 0.699. The van der Waals surface area contributed by atoms with Gasteiger partial charge in [-0.2, -0.15) is 0 Å². The zero-order valence-electron chi connectivity index (χ0n) is 6.50. The van der Waals surface area contributed by atoms with Gasteiger partial charge in [0.2, 0.25) is 0 Å². The summed E-state index contributed by atoms with van der Waals surface area (Å²) in [5.41, 5.74) is 0. The Bertz CT molecular complexity index is 127. The van der Waals surface area contributed by atoms with Gasteiger partial charge in [-0.05, 0) is 18.4 Å². The zero-order chi connectivity index (χ0) is 8.15. The molecule has 58 valence electrons. The number of carbonyl (C=O) groups excluding carboxylic acids is 1. The smallest absolute Gasteiger partial charge is 0.183 e. The molecule has 1 unspecified atom stereocenters. The number of aliphatic hydroxyl groups excluding tert-OH is 1. The molecule has 10 heavy (non-hydrogen) atoms. The van der Waals surface area contributed by atoms with E-state index in [9.17, 15) is 4.79 Å². The Morgan fingerprint density at radius 3 is 2.50 bits per heavy atom. The van der Waals surface area contributed by atoms with Gasteiger partial charge in [-0.25, -0.2) is 0 Å². The molecular weight excluding hydrogens is 128 g/mol. The lowest BCUT2D eigenvalue weighted by Gasteiger charge is -2.08. The molecule has 0 spiro atoms. The molecule has 0 saturated heterocycles. The van der Waals surface area contributed by atoms with Gasteiger partial charge in [0.05, 0.1) is 0 Å². The van der Waals surface area contributed by atoms with E-state index in [1.165, 1.54) is 0 Å². The van der Waals surface area contributed by atoms with E-state index in [0.29, 0.717) is 12.3 Å². The minimum absolute atomic E-state index is 0.284. The molecule has 2 heteroatoms. The zero-order valence-corrected chi connectivity index (χ0v) is 6.50. The first-order valence-electron chi connectivity index (χ1n) is 3.42. The average molecular weight is 142 g/mol. The highest BCUT2D eigenvalue weighted by Crippen LogP contribution is 2.04. The maximum atomic E-state index is 10.7. The molecular formula is C8H14O2. The molecule has 0 aromatic rings. The van der Waals surface area contributed by atoms with Gasteiger partial charge in [-0.15, -0.1) is 0 Å². The first-order chi connectivity index (χ1) is 4.57. The van der Waals surface area contributed by atoms with E-state index in [1.807, 2.05) is 13.8 Å². The highest BCUT2D eigenvalue weighted by molar-refractivity contribution is 5.92. The minimum Gasteiger partial charge on any atom is -0.385 e. The third-order valence-corrected chi connectivity index (χ3v) is 1.22. The molecule has 0 fully saturated rings. The van der Waals surface area contributed by atoms with Gasteiger partial charge in [0, 0.05) is 0 Å². The Labute approximate surface area is 61.6 Å². The van der Waals surface area contributed by atoms with Crippen molar-refractivity contribution < 1.29 is 9.90 Å². The van der Waals surface area contributed by atoms with Gasteiger partial charge in [0.25, 0.3) is 0 Å². The molecule has 0 rings (SSSR count). The lowest BCUT2D eigenvalue weighted by atomic mass is 10.0. The summed E-state index contributed by atoms with van der Waals surface area (Å²) in [6.07, 6.45) is 0.829. The van der Waals surface area contributed by atoms with E-state index in [4.69, 9.17) is 5.11 Å². The Hall–Kier alpha value is -0.630. The molecule has 0 heterocycles. The second-order valence-corrected chi connectivity index (χ2v) is 2.75. The average Bonchev–Trinajstić information content (AvgIpc) is 1.85. The molecule has 0 aliphatic carbocycles. The van der Waals surface area contributed by atoms with Crippen molar-refractivity contribution in [1.82, 2.24) is 0 Å². The van der Waals surface area contributed by atoms with Crippen molar-refractivity contribution in [3.05, 3.63) is 12.7 Å². The van der Waals surface area contributed by atoms with Crippen LogP contribution in [0, 0.1) is 5.92 Å². The number of ketones is 1. The molecule has 1 atom stereocenters. The molecule has 0 saturated carbocycles. The van der Waals surface area contributed by atoms with E-state index < -0.39 is 6.10 Å². The van der Waals surface area contributed by atoms with E-state index >= 15 is 0 Å². The Morgan fingerprint density at radius 1 is 1.70 bits per heavy atom. The molecule has 1 N–H and O–H groups in total. The molecule has 0 radical (unpaired) electrons. The van der Waals surface area contributed by atoms with E-state index in [0.717, 1.165) is 6.08 Å². The normalized spacial score (nSPS) is 13.2. The molecule has 0 aromatic carbocycles. The van der Waals surface area contributed by atoms with Gasteiger partial charge in [-0.3, -0.25) is 4.79 Å². The quantitative estimate of drug-likeness (QED) is 0.598. The summed E-state index contributed by atoms with van der Waals surface area (Å²) in [5.74, 6) is 0.0626. The fraction of sp³-hybridized carbons (Fsp3) is 0.625. The molecule has 0 amide bonds. The van der Waals surface area contributed by atoms with Crippen LogP contribution in [0.2, 0.25) is 0 Å². The summed E-state index contributed by atoms with van der Waals surface area (Å²) < 4.78 is 0. The summed E-state index contributed by atoms with van der Waals surface area (Å²) in [4.78, 5) is 10.7. The topological polar surface area (TPSA) is 37.3 Å². The summed E-state index contributed by atoms with van der Waals surface area (Å²) in [5, 5.41) is 9.07. The van der Waals surface area contributed by atoms with Crippen molar-refractivity contribution in [2.45, 2.75) is 26.4 Å². The molecule has 0 aliphatic heterocycles. The van der Waals surface area contributed by atoms with Gasteiger partial charge >= 0.3 is 0 Å². The summed E-state index contributed by atoms with van der Waals surface area (Å²) >= 11 is 0. The maximum absolute atomic E-state index is 10.7. The Kier molecular flexibility index (Phi) is 3.96. The van der Waals surface area contributed by atoms with Gasteiger partial charge < -0.3 is 5.11 Å². The summed E-state index contributed by atoms with van der Waals surface area (Å²) in [6, 6.07) is 0. The van der Waals surface area contributed by atoms with E-state index in [1.54, 1.807) is 0 Å². The third-order valence-electron chi connectivity index (χ3n) is 1.22. The van der Waals surface area contributed by atoms with Crippen molar-refractivity contribution >= 4 is 5.78 Å². The van der Waals surface area contributed by atoms with Crippen LogP contribution in [-0.4, -0.2) is 17.0 Å². The van der Waals surface area contributed by atoms with Gasteiger partial charge in [-0.1, -0.05) is 20.4 Å². The van der Waals surface area contributed by atoms with Crippen LogP contribution in [0.4, 0.5) is 0 Å². The minimum atomic E-state index is -0.850. The van der Waals surface area contributed by atoms with Crippen LogP contribution in [0.5, 0.6) is 0 Å². The highest BCUT2D eigenvalue weighted by atomic mass is 16.3. The molecule has 0 aromatic heterocycles. The maximum Gasteiger partial charge on any atom is 0.183 e. The van der Waals surface area contributed by atoms with Crippen LogP contribution in [0.1, 0.15) is 20.3 Å². The molecule has 0 aliphatic rings. The van der Waals surface area contributed by atoms with Crippen LogP contribution < -0.4 is 0 Å². The second-order valence-electron chi connectivity index (χ2n) is 2.75. The van der Waals surface area contributed by atoms with Crippen molar-refractivity contribution in [2.75, 3.05) is 0 Å². The van der Waals surface area contributed by atoms with Gasteiger partial charge in [0.15, 0.2) is 5.78 Å². The van der Waals surface area contributed by atoms with Gasteiger partial charge in [0.1, 0.15) is 6.10 Å². The predicted molar refractivity (Wildman–Crippen MR) is 40.7 cm³/mol. The van der Waals surface area contributed by atoms with Crippen LogP contribution in [0.3, 0.4) is 0 Å². The summed E-state index contributed by atoms with van der Waals surface area (Å²) in [6.45, 7) is 7.20. The Morgan fingerprint density at radius 2 is 2.20 bits per heavy atom. The molecule has 0 bridgehead atoms. The second kappa shape index (κ2) is 4.23. The van der Waals surface area contributed by atoms with Crippen LogP contribution in [-0.2, 0) is 4.79 Å². The van der Waals surface area contributed by atoms with Crippen LogP contribution in [0.25, 0.3) is 0 Å². The van der Waals surface area contributed by atoms with Crippen molar-refractivity contribution in [2.24, 2.45) is 5.92 Å². The molecule has 2 nitrogen and oxygen atoms in total. The largest absolute Gasteiger partial charge is 0.385 e. The summed E-state index contributed by atoms with van der Waals surface area (Å²) in [7, 11) is 0. The van der Waals surface area contributed by atoms with Crippen LogP contribution in [0.15, 0.2) is 12.7 Å². The lowest BCUT2D eigenvalue weighted by Crippen LogP contribution is -2.19. The van der Waals surface area contributed by atoms with Crippen molar-refractivity contribution in [1.29, 1.82) is 0 Å². The standard InChI is InChI=1S/C8H14O2/c1-4-7(9)8(10)5-6(2)3/h4,6,8,10H,1,5H2,2-3H3. The van der Waals surface area contributed by atoms with Crippen molar-refractivity contribution in [3.8, 4) is 0 Å². The first-order valence-corrected chi connectivity index (χ1v) is 3.42. The third kappa shape index (κ3) is 3.41. The number of hydrogen-bond donors (Lipinski definition) is 1. The predicted octanol–water partition coefficient (Wildman–Crippen LogP) is 1.15. The SMILES string of the molecule is C=CC(=O)C(O)CC(C)C. The number of carbonyl (C=O) groups is 1. The Balaban J connectivity index is 3.72. The lowest BCUT2D eigenvalue weighted by molar-refractivity contribution is -0.122. The fourth-order valence-corrected chi connectivity index (χ4v) is 0.699. The number of aliphatic hydroxyl groups is 1. The first kappa shape index (κ1) is 9.37.